The Morgan fingerprint density at radius 1 is 1.25 bits per heavy atom. The summed E-state index contributed by atoms with van der Waals surface area (Å²) in [7, 11) is 0. The summed E-state index contributed by atoms with van der Waals surface area (Å²) in [5.41, 5.74) is 2.78. The summed E-state index contributed by atoms with van der Waals surface area (Å²) in [5.74, 6) is -0.332. The SMILES string of the molecule is CSc1nc(Cl)cc(-c2c(C)nc3ccc(F)cn23)n1. The Morgan fingerprint density at radius 2 is 2.05 bits per heavy atom. The minimum atomic E-state index is -0.332. The first-order chi connectivity index (χ1) is 9.58. The molecule has 0 aliphatic rings. The van der Waals surface area contributed by atoms with Gasteiger partial charge < -0.3 is 0 Å². The maximum absolute atomic E-state index is 13.5. The molecule has 0 atom stereocenters. The molecule has 0 unspecified atom stereocenters. The molecule has 0 aliphatic carbocycles. The third-order valence-corrected chi connectivity index (χ3v) is 3.60. The molecule has 0 spiro atoms. The number of rotatable bonds is 2. The zero-order chi connectivity index (χ0) is 14.3. The van der Waals surface area contributed by atoms with Crippen molar-refractivity contribution >= 4 is 29.0 Å². The van der Waals surface area contributed by atoms with Crippen LogP contribution in [0.2, 0.25) is 5.15 Å². The number of imidazole rings is 1. The molecule has 7 heteroatoms. The molecular formula is C13H10ClFN4S. The predicted molar refractivity (Wildman–Crippen MR) is 77.7 cm³/mol. The summed E-state index contributed by atoms with van der Waals surface area (Å²) in [5, 5.41) is 0.920. The lowest BCUT2D eigenvalue weighted by Crippen LogP contribution is -1.96. The van der Waals surface area contributed by atoms with Gasteiger partial charge in [0, 0.05) is 12.3 Å². The monoisotopic (exact) mass is 308 g/mol. The van der Waals surface area contributed by atoms with Crippen molar-refractivity contribution in [1.82, 2.24) is 19.4 Å². The summed E-state index contributed by atoms with van der Waals surface area (Å²) >= 11 is 7.41. The van der Waals surface area contributed by atoms with Gasteiger partial charge in [0.25, 0.3) is 0 Å². The Hall–Kier alpha value is -1.66. The van der Waals surface area contributed by atoms with E-state index in [0.717, 1.165) is 11.4 Å². The molecule has 0 fully saturated rings. The molecule has 4 nitrogen and oxygen atoms in total. The number of aromatic nitrogens is 4. The Morgan fingerprint density at radius 3 is 2.80 bits per heavy atom. The van der Waals surface area contributed by atoms with Gasteiger partial charge >= 0.3 is 0 Å². The van der Waals surface area contributed by atoms with E-state index in [1.807, 2.05) is 13.2 Å². The Balaban J connectivity index is 2.31. The summed E-state index contributed by atoms with van der Waals surface area (Å²) in [6.07, 6.45) is 3.26. The molecule has 3 aromatic rings. The fourth-order valence-electron chi connectivity index (χ4n) is 2.05. The van der Waals surface area contributed by atoms with Crippen LogP contribution in [0.4, 0.5) is 4.39 Å². The molecule has 20 heavy (non-hydrogen) atoms. The number of hydrogen-bond acceptors (Lipinski definition) is 4. The first kappa shape index (κ1) is 13.3. The van der Waals surface area contributed by atoms with Gasteiger partial charge in [-0.2, -0.15) is 0 Å². The lowest BCUT2D eigenvalue weighted by molar-refractivity contribution is 0.619. The first-order valence-electron chi connectivity index (χ1n) is 5.81. The van der Waals surface area contributed by atoms with Gasteiger partial charge in [-0.15, -0.1) is 0 Å². The zero-order valence-electron chi connectivity index (χ0n) is 10.8. The molecule has 102 valence electrons. The van der Waals surface area contributed by atoms with E-state index in [1.54, 1.807) is 16.5 Å². The van der Waals surface area contributed by atoms with Gasteiger partial charge in [0.1, 0.15) is 16.6 Å². The number of nitrogens with zero attached hydrogens (tertiary/aromatic N) is 4. The van der Waals surface area contributed by atoms with Crippen LogP contribution in [0.1, 0.15) is 5.69 Å². The van der Waals surface area contributed by atoms with Crippen molar-refractivity contribution in [3.8, 4) is 11.4 Å². The highest BCUT2D eigenvalue weighted by molar-refractivity contribution is 7.98. The third kappa shape index (κ3) is 2.25. The van der Waals surface area contributed by atoms with Crippen molar-refractivity contribution < 1.29 is 4.39 Å². The number of hydrogen-bond donors (Lipinski definition) is 0. The first-order valence-corrected chi connectivity index (χ1v) is 7.42. The highest BCUT2D eigenvalue weighted by Gasteiger charge is 2.14. The van der Waals surface area contributed by atoms with Crippen LogP contribution in [0, 0.1) is 12.7 Å². The second-order valence-electron chi connectivity index (χ2n) is 4.18. The summed E-state index contributed by atoms with van der Waals surface area (Å²) in [6.45, 7) is 1.86. The number of aryl methyl sites for hydroxylation is 1. The van der Waals surface area contributed by atoms with E-state index in [1.165, 1.54) is 24.0 Å². The molecule has 0 amide bonds. The summed E-state index contributed by atoms with van der Waals surface area (Å²) < 4.78 is 15.1. The maximum Gasteiger partial charge on any atom is 0.189 e. The number of fused-ring (bicyclic) bond motifs is 1. The third-order valence-electron chi connectivity index (χ3n) is 2.86. The van der Waals surface area contributed by atoms with Crippen LogP contribution in [0.5, 0.6) is 0 Å². The van der Waals surface area contributed by atoms with Crippen LogP contribution in [0.15, 0.2) is 29.6 Å². The van der Waals surface area contributed by atoms with Crippen LogP contribution in [-0.2, 0) is 0 Å². The molecule has 0 radical (unpaired) electrons. The van der Waals surface area contributed by atoms with Gasteiger partial charge in [-0.05, 0) is 25.3 Å². The largest absolute Gasteiger partial charge is 0.295 e. The zero-order valence-corrected chi connectivity index (χ0v) is 12.3. The lowest BCUT2D eigenvalue weighted by Gasteiger charge is -2.05. The second kappa shape index (κ2) is 5.03. The van der Waals surface area contributed by atoms with E-state index in [-0.39, 0.29) is 5.82 Å². The quantitative estimate of drug-likeness (QED) is 0.412. The van der Waals surface area contributed by atoms with E-state index in [2.05, 4.69) is 15.0 Å². The summed E-state index contributed by atoms with van der Waals surface area (Å²) in [4.78, 5) is 12.9. The molecule has 0 N–H and O–H groups in total. The van der Waals surface area contributed by atoms with Crippen LogP contribution in [-0.4, -0.2) is 25.6 Å². The second-order valence-corrected chi connectivity index (χ2v) is 5.34. The van der Waals surface area contributed by atoms with Crippen molar-refractivity contribution in [3.63, 3.8) is 0 Å². The fourth-order valence-corrected chi connectivity index (χ4v) is 2.67. The van der Waals surface area contributed by atoms with Crippen LogP contribution in [0.25, 0.3) is 17.0 Å². The van der Waals surface area contributed by atoms with Crippen molar-refractivity contribution in [2.24, 2.45) is 0 Å². The Kier molecular flexibility index (Phi) is 3.35. The predicted octanol–water partition coefficient (Wildman–Crippen LogP) is 3.61. The van der Waals surface area contributed by atoms with E-state index in [9.17, 15) is 4.39 Å². The molecule has 3 rings (SSSR count). The number of thioether (sulfide) groups is 1. The standard InChI is InChI=1S/C13H10ClFN4S/c1-7-12(9-5-10(14)18-13(17-9)20-2)19-6-8(15)3-4-11(19)16-7/h3-6H,1-2H3. The minimum absolute atomic E-state index is 0.332. The van der Waals surface area contributed by atoms with E-state index in [4.69, 9.17) is 11.6 Å². The smallest absolute Gasteiger partial charge is 0.189 e. The van der Waals surface area contributed by atoms with Crippen LogP contribution in [0.3, 0.4) is 0 Å². The number of halogens is 2. The molecule has 0 saturated carbocycles. The lowest BCUT2D eigenvalue weighted by atomic mass is 10.2. The highest BCUT2D eigenvalue weighted by Crippen LogP contribution is 2.26. The van der Waals surface area contributed by atoms with Gasteiger partial charge in [0.15, 0.2) is 5.16 Å². The molecule has 0 bridgehead atoms. The minimum Gasteiger partial charge on any atom is -0.295 e. The maximum atomic E-state index is 13.5. The Labute approximate surface area is 124 Å². The molecular weight excluding hydrogens is 299 g/mol. The van der Waals surface area contributed by atoms with Gasteiger partial charge in [-0.1, -0.05) is 23.4 Å². The molecule has 0 saturated heterocycles. The number of pyridine rings is 1. The summed E-state index contributed by atoms with van der Waals surface area (Å²) in [6, 6.07) is 4.67. The van der Waals surface area contributed by atoms with Crippen molar-refractivity contribution in [1.29, 1.82) is 0 Å². The van der Waals surface area contributed by atoms with Crippen molar-refractivity contribution in [2.75, 3.05) is 6.26 Å². The average Bonchev–Trinajstić information content (AvgIpc) is 2.73. The van der Waals surface area contributed by atoms with Gasteiger partial charge in [0.2, 0.25) is 0 Å². The van der Waals surface area contributed by atoms with Gasteiger partial charge in [0.05, 0.1) is 17.1 Å². The van der Waals surface area contributed by atoms with Gasteiger partial charge in [-0.25, -0.2) is 19.3 Å². The highest BCUT2D eigenvalue weighted by atomic mass is 35.5. The fraction of sp³-hybridized carbons (Fsp3) is 0.154. The van der Waals surface area contributed by atoms with E-state index >= 15 is 0 Å². The van der Waals surface area contributed by atoms with Crippen molar-refractivity contribution in [3.05, 3.63) is 41.1 Å². The average molecular weight is 309 g/mol. The van der Waals surface area contributed by atoms with E-state index < -0.39 is 0 Å². The topological polar surface area (TPSA) is 43.1 Å². The molecule has 3 heterocycles. The normalized spacial score (nSPS) is 11.2. The van der Waals surface area contributed by atoms with Crippen LogP contribution >= 0.6 is 23.4 Å². The Bertz CT molecular complexity index is 802. The molecule has 0 aromatic carbocycles. The van der Waals surface area contributed by atoms with E-state index in [0.29, 0.717) is 21.7 Å². The van der Waals surface area contributed by atoms with Gasteiger partial charge in [-0.3, -0.25) is 4.40 Å². The van der Waals surface area contributed by atoms with Crippen molar-refractivity contribution in [2.45, 2.75) is 12.1 Å². The molecule has 0 aliphatic heterocycles. The molecule has 3 aromatic heterocycles. The van der Waals surface area contributed by atoms with Crippen LogP contribution < -0.4 is 0 Å².